The van der Waals surface area contributed by atoms with Crippen molar-refractivity contribution < 1.29 is 28.6 Å². The minimum atomic E-state index is 0.0575. The summed E-state index contributed by atoms with van der Waals surface area (Å²) >= 11 is 0. The highest BCUT2D eigenvalue weighted by molar-refractivity contribution is 5.76. The Kier molecular flexibility index (Phi) is 4.89. The minimum absolute atomic E-state index is 0.0575. The van der Waals surface area contributed by atoms with Crippen molar-refractivity contribution in [1.82, 2.24) is 5.32 Å². The van der Waals surface area contributed by atoms with Crippen LogP contribution < -0.4 is 29.2 Å². The average molecular weight is 397 g/mol. The van der Waals surface area contributed by atoms with Crippen LogP contribution in [-0.2, 0) is 11.3 Å². The van der Waals surface area contributed by atoms with Gasteiger partial charge in [-0.15, -0.1) is 0 Å². The van der Waals surface area contributed by atoms with Crippen LogP contribution in [0.5, 0.6) is 23.0 Å². The Hall–Kier alpha value is -2.93. The number of benzene rings is 2. The predicted molar refractivity (Wildman–Crippen MR) is 105 cm³/mol. The summed E-state index contributed by atoms with van der Waals surface area (Å²) in [5.74, 6) is 3.17. The highest BCUT2D eigenvalue weighted by Crippen LogP contribution is 2.34. The van der Waals surface area contributed by atoms with Crippen molar-refractivity contribution in [2.75, 3.05) is 33.1 Å². The van der Waals surface area contributed by atoms with E-state index < -0.39 is 0 Å². The first-order valence-electron chi connectivity index (χ1n) is 10.2. The third kappa shape index (κ3) is 3.82. The molecule has 5 rings (SSSR count). The maximum Gasteiger partial charge on any atom is 0.275 e. The van der Waals surface area contributed by atoms with Gasteiger partial charge in [0, 0.05) is 24.9 Å². The van der Waals surface area contributed by atoms with Gasteiger partial charge in [0.2, 0.25) is 6.79 Å². The van der Waals surface area contributed by atoms with E-state index in [0.29, 0.717) is 32.3 Å². The number of amides is 1. The van der Waals surface area contributed by atoms with E-state index in [2.05, 4.69) is 17.4 Å². The summed E-state index contributed by atoms with van der Waals surface area (Å²) in [7, 11) is 0. The van der Waals surface area contributed by atoms with Crippen LogP contribution in [0.4, 0.5) is 0 Å². The van der Waals surface area contributed by atoms with E-state index in [1.54, 1.807) is 0 Å². The molecule has 2 atom stereocenters. The van der Waals surface area contributed by atoms with Crippen LogP contribution in [-0.4, -0.2) is 39.0 Å². The second-order valence-corrected chi connectivity index (χ2v) is 7.65. The van der Waals surface area contributed by atoms with Gasteiger partial charge in [-0.3, -0.25) is 4.79 Å². The lowest BCUT2D eigenvalue weighted by Crippen LogP contribution is -3.11. The highest BCUT2D eigenvalue weighted by Gasteiger charge is 2.32. The molecule has 1 amide bonds. The molecule has 3 aliphatic heterocycles. The Balaban J connectivity index is 1.20. The molecule has 2 aromatic rings. The molecule has 7 nitrogen and oxygen atoms in total. The summed E-state index contributed by atoms with van der Waals surface area (Å²) < 4.78 is 22.1. The van der Waals surface area contributed by atoms with Gasteiger partial charge in [0.15, 0.2) is 29.5 Å². The van der Waals surface area contributed by atoms with Crippen molar-refractivity contribution >= 4 is 5.91 Å². The van der Waals surface area contributed by atoms with Crippen molar-refractivity contribution in [2.45, 2.75) is 25.4 Å². The van der Waals surface area contributed by atoms with Gasteiger partial charge in [-0.2, -0.15) is 0 Å². The van der Waals surface area contributed by atoms with Gasteiger partial charge in [-0.1, -0.05) is 6.07 Å². The molecule has 0 radical (unpaired) electrons. The van der Waals surface area contributed by atoms with Gasteiger partial charge in [-0.05, 0) is 35.9 Å². The number of nitrogens with one attached hydrogen (secondary N) is 2. The Morgan fingerprint density at radius 2 is 1.72 bits per heavy atom. The zero-order valence-corrected chi connectivity index (χ0v) is 16.2. The fraction of sp³-hybridized carbons (Fsp3) is 0.409. The van der Waals surface area contributed by atoms with E-state index in [9.17, 15) is 4.79 Å². The first-order chi connectivity index (χ1) is 14.3. The molecule has 2 aromatic carbocycles. The zero-order chi connectivity index (χ0) is 19.6. The number of rotatable bonds is 5. The lowest BCUT2D eigenvalue weighted by atomic mass is 10.0. The average Bonchev–Trinajstić information content (AvgIpc) is 3.41. The Morgan fingerprint density at radius 3 is 2.66 bits per heavy atom. The normalized spacial score (nSPS) is 21.8. The standard InChI is InChI=1S/C22H24N2O5/c25-22(23-12-15-3-5-19-20(10-15)29-14-28-19)13-24-7-1-2-17(24)16-4-6-18-21(11-16)27-9-8-26-18/h3-6,10-11,17H,1-2,7-9,12-14H2,(H,23,25)/p+1/t17-/m0/s1. The number of hydrogen-bond acceptors (Lipinski definition) is 5. The van der Waals surface area contributed by atoms with Gasteiger partial charge in [-0.25, -0.2) is 0 Å². The fourth-order valence-corrected chi connectivity index (χ4v) is 4.32. The molecule has 0 aliphatic carbocycles. The molecule has 1 fully saturated rings. The molecule has 2 N–H and O–H groups in total. The first-order valence-corrected chi connectivity index (χ1v) is 10.2. The van der Waals surface area contributed by atoms with Crippen molar-refractivity contribution in [3.05, 3.63) is 47.5 Å². The summed E-state index contributed by atoms with van der Waals surface area (Å²) in [6.07, 6.45) is 2.19. The molecule has 152 valence electrons. The molecular weight excluding hydrogens is 372 g/mol. The minimum Gasteiger partial charge on any atom is -0.486 e. The molecule has 0 saturated carbocycles. The van der Waals surface area contributed by atoms with Crippen molar-refractivity contribution in [1.29, 1.82) is 0 Å². The van der Waals surface area contributed by atoms with E-state index in [1.165, 1.54) is 10.5 Å². The summed E-state index contributed by atoms with van der Waals surface area (Å²) in [5, 5.41) is 3.04. The fourth-order valence-electron chi connectivity index (χ4n) is 4.32. The SMILES string of the molecule is O=C(C[NH+]1CCC[C@H]1c1ccc2c(c1)OCCO2)NCc1ccc2c(c1)OCO2. The lowest BCUT2D eigenvalue weighted by Gasteiger charge is -2.24. The lowest BCUT2D eigenvalue weighted by molar-refractivity contribution is -0.910. The van der Waals surface area contributed by atoms with E-state index in [0.717, 1.165) is 47.9 Å². The topological polar surface area (TPSA) is 70.5 Å². The first kappa shape index (κ1) is 18.1. The zero-order valence-electron chi connectivity index (χ0n) is 16.2. The van der Waals surface area contributed by atoms with E-state index in [-0.39, 0.29) is 12.7 Å². The second kappa shape index (κ2) is 7.83. The summed E-state index contributed by atoms with van der Waals surface area (Å²) in [5.41, 5.74) is 2.22. The number of fused-ring (bicyclic) bond motifs is 2. The number of hydrogen-bond donors (Lipinski definition) is 2. The smallest absolute Gasteiger partial charge is 0.275 e. The monoisotopic (exact) mass is 397 g/mol. The van der Waals surface area contributed by atoms with Gasteiger partial charge in [0.25, 0.3) is 5.91 Å². The Bertz CT molecular complexity index is 916. The number of carbonyl (C=O) groups excluding carboxylic acids is 1. The van der Waals surface area contributed by atoms with Crippen molar-refractivity contribution in [3.63, 3.8) is 0 Å². The number of ether oxygens (including phenoxy) is 4. The molecule has 0 bridgehead atoms. The maximum atomic E-state index is 12.6. The third-order valence-corrected chi connectivity index (χ3v) is 5.77. The molecule has 0 spiro atoms. The highest BCUT2D eigenvalue weighted by atomic mass is 16.7. The van der Waals surface area contributed by atoms with Crippen LogP contribution in [0.2, 0.25) is 0 Å². The quantitative estimate of drug-likeness (QED) is 0.794. The van der Waals surface area contributed by atoms with E-state index >= 15 is 0 Å². The third-order valence-electron chi connectivity index (χ3n) is 5.77. The van der Waals surface area contributed by atoms with E-state index in [4.69, 9.17) is 18.9 Å². The molecule has 3 aliphatic rings. The van der Waals surface area contributed by atoms with Gasteiger partial charge < -0.3 is 29.2 Å². The van der Waals surface area contributed by atoms with Crippen LogP contribution >= 0.6 is 0 Å². The molecule has 0 aromatic heterocycles. The molecule has 29 heavy (non-hydrogen) atoms. The summed E-state index contributed by atoms with van der Waals surface area (Å²) in [6.45, 7) is 3.37. The Morgan fingerprint density at radius 1 is 0.966 bits per heavy atom. The molecular formula is C22H25N2O5+. The van der Waals surface area contributed by atoms with E-state index in [1.807, 2.05) is 24.3 Å². The molecule has 1 saturated heterocycles. The van der Waals surface area contributed by atoms with Crippen LogP contribution in [0.3, 0.4) is 0 Å². The molecule has 3 heterocycles. The number of carbonyl (C=O) groups is 1. The van der Waals surface area contributed by atoms with Crippen LogP contribution in [0.25, 0.3) is 0 Å². The molecule has 7 heteroatoms. The number of likely N-dealkylation sites (tertiary alicyclic amines) is 1. The van der Waals surface area contributed by atoms with Crippen LogP contribution in [0.15, 0.2) is 36.4 Å². The Labute approximate surface area is 169 Å². The molecule has 1 unspecified atom stereocenters. The summed E-state index contributed by atoms with van der Waals surface area (Å²) in [4.78, 5) is 13.9. The van der Waals surface area contributed by atoms with Crippen molar-refractivity contribution in [3.8, 4) is 23.0 Å². The van der Waals surface area contributed by atoms with Crippen LogP contribution in [0, 0.1) is 0 Å². The largest absolute Gasteiger partial charge is 0.486 e. The van der Waals surface area contributed by atoms with Gasteiger partial charge >= 0.3 is 0 Å². The van der Waals surface area contributed by atoms with Gasteiger partial charge in [0.05, 0.1) is 6.54 Å². The summed E-state index contributed by atoms with van der Waals surface area (Å²) in [6, 6.07) is 12.2. The van der Waals surface area contributed by atoms with Gasteiger partial charge in [0.1, 0.15) is 19.3 Å². The maximum absolute atomic E-state index is 12.6. The number of quaternary nitrogens is 1. The predicted octanol–water partition coefficient (Wildman–Crippen LogP) is 1.22. The van der Waals surface area contributed by atoms with Crippen LogP contribution in [0.1, 0.15) is 30.0 Å². The second-order valence-electron chi connectivity index (χ2n) is 7.65. The van der Waals surface area contributed by atoms with Crippen molar-refractivity contribution in [2.24, 2.45) is 0 Å².